The van der Waals surface area contributed by atoms with Crippen molar-refractivity contribution in [1.29, 1.82) is 0 Å². The molecule has 0 spiro atoms. The number of carbonyl (C=O) groups excluding carboxylic acids is 1. The van der Waals surface area contributed by atoms with E-state index < -0.39 is 5.82 Å². The molecule has 28 heavy (non-hydrogen) atoms. The molecule has 1 aliphatic heterocycles. The van der Waals surface area contributed by atoms with Crippen LogP contribution in [0.1, 0.15) is 22.2 Å². The highest BCUT2D eigenvalue weighted by Crippen LogP contribution is 2.32. The molecule has 0 bridgehead atoms. The Bertz CT molecular complexity index is 1170. The molecule has 2 aromatic heterocycles. The van der Waals surface area contributed by atoms with Crippen molar-refractivity contribution in [2.45, 2.75) is 5.92 Å². The zero-order valence-electron chi connectivity index (χ0n) is 14.8. The number of halogens is 1. The number of fused-ring (bicyclic) bond motifs is 1. The second-order valence-corrected chi connectivity index (χ2v) is 6.78. The number of hydrogen-bond acceptors (Lipinski definition) is 4. The summed E-state index contributed by atoms with van der Waals surface area (Å²) in [5.41, 5.74) is 3.42. The fourth-order valence-electron chi connectivity index (χ4n) is 3.53. The van der Waals surface area contributed by atoms with E-state index in [9.17, 15) is 9.18 Å². The van der Waals surface area contributed by atoms with Crippen molar-refractivity contribution >= 4 is 16.9 Å². The summed E-state index contributed by atoms with van der Waals surface area (Å²) in [6, 6.07) is 14.5. The highest BCUT2D eigenvalue weighted by molar-refractivity contribution is 5.94. The van der Waals surface area contributed by atoms with Crippen LogP contribution in [0.25, 0.3) is 22.3 Å². The fraction of sp³-hybridized carbons (Fsp3) is 0.143. The Morgan fingerprint density at radius 3 is 2.61 bits per heavy atom. The molecule has 6 nitrogen and oxygen atoms in total. The van der Waals surface area contributed by atoms with E-state index in [1.54, 1.807) is 29.4 Å². The Balaban J connectivity index is 1.36. The number of nitrogens with zero attached hydrogens (tertiary/aromatic N) is 4. The number of nitrogens with one attached hydrogen (secondary N) is 1. The van der Waals surface area contributed by atoms with Crippen molar-refractivity contribution in [2.24, 2.45) is 0 Å². The van der Waals surface area contributed by atoms with Crippen LogP contribution >= 0.6 is 0 Å². The molecule has 1 N–H and O–H groups in total. The van der Waals surface area contributed by atoms with Crippen molar-refractivity contribution in [3.8, 4) is 11.3 Å². The third kappa shape index (κ3) is 2.72. The molecule has 5 rings (SSSR count). The highest BCUT2D eigenvalue weighted by Gasteiger charge is 2.36. The fourth-order valence-corrected chi connectivity index (χ4v) is 3.53. The molecule has 7 heteroatoms. The summed E-state index contributed by atoms with van der Waals surface area (Å²) in [6.45, 7) is 1.05. The van der Waals surface area contributed by atoms with Gasteiger partial charge in [0.25, 0.3) is 5.91 Å². The maximum Gasteiger partial charge on any atom is 0.289 e. The SMILES string of the molecule is O=C(c1nc2cccc(F)c2[nH]1)N1CC(c2nccnc2-c2ccccc2)C1. The third-order valence-electron chi connectivity index (χ3n) is 5.00. The van der Waals surface area contributed by atoms with Crippen LogP contribution < -0.4 is 0 Å². The number of rotatable bonds is 3. The second kappa shape index (κ2) is 6.53. The summed E-state index contributed by atoms with van der Waals surface area (Å²) in [5.74, 6) is -0.399. The maximum atomic E-state index is 13.8. The van der Waals surface area contributed by atoms with Gasteiger partial charge in [-0.1, -0.05) is 36.4 Å². The molecule has 0 unspecified atom stereocenters. The summed E-state index contributed by atoms with van der Waals surface area (Å²) in [6.07, 6.45) is 3.35. The van der Waals surface area contributed by atoms with Crippen LogP contribution in [0.2, 0.25) is 0 Å². The zero-order chi connectivity index (χ0) is 19.1. The predicted molar refractivity (Wildman–Crippen MR) is 102 cm³/mol. The van der Waals surface area contributed by atoms with Gasteiger partial charge in [-0.2, -0.15) is 0 Å². The lowest BCUT2D eigenvalue weighted by Gasteiger charge is -2.38. The zero-order valence-corrected chi connectivity index (χ0v) is 14.8. The van der Waals surface area contributed by atoms with Crippen LogP contribution in [0.3, 0.4) is 0 Å². The van der Waals surface area contributed by atoms with Crippen molar-refractivity contribution in [3.05, 3.63) is 78.3 Å². The standard InChI is InChI=1S/C21H16FN5O/c22-15-7-4-8-16-19(15)26-20(25-16)21(28)27-11-14(12-27)18-17(23-9-10-24-18)13-5-2-1-3-6-13/h1-10,14H,11-12H2,(H,25,26). The molecule has 4 aromatic rings. The van der Waals surface area contributed by atoms with Crippen molar-refractivity contribution < 1.29 is 9.18 Å². The first-order valence-electron chi connectivity index (χ1n) is 9.00. The van der Waals surface area contributed by atoms with Gasteiger partial charge in [0, 0.05) is 37.0 Å². The van der Waals surface area contributed by atoms with Gasteiger partial charge >= 0.3 is 0 Å². The quantitative estimate of drug-likeness (QED) is 0.597. The molecule has 1 fully saturated rings. The minimum absolute atomic E-state index is 0.106. The van der Waals surface area contributed by atoms with E-state index >= 15 is 0 Å². The first-order valence-corrected chi connectivity index (χ1v) is 9.00. The van der Waals surface area contributed by atoms with E-state index in [1.165, 1.54) is 6.07 Å². The Hall–Kier alpha value is -3.61. The Morgan fingerprint density at radius 1 is 1.04 bits per heavy atom. The number of H-pyrrole nitrogens is 1. The van der Waals surface area contributed by atoms with E-state index in [4.69, 9.17) is 0 Å². The van der Waals surface area contributed by atoms with Crippen molar-refractivity contribution in [2.75, 3.05) is 13.1 Å². The monoisotopic (exact) mass is 373 g/mol. The number of aromatic nitrogens is 4. The summed E-state index contributed by atoms with van der Waals surface area (Å²) in [7, 11) is 0. The molecule has 138 valence electrons. The Kier molecular flexibility index (Phi) is 3.86. The molecule has 0 saturated carbocycles. The first-order chi connectivity index (χ1) is 13.7. The molecule has 1 aliphatic rings. The third-order valence-corrected chi connectivity index (χ3v) is 5.00. The number of hydrogen-bond donors (Lipinski definition) is 1. The average Bonchev–Trinajstić information content (AvgIpc) is 3.14. The van der Waals surface area contributed by atoms with Gasteiger partial charge in [0.1, 0.15) is 11.3 Å². The maximum absolute atomic E-state index is 13.8. The lowest BCUT2D eigenvalue weighted by molar-refractivity contribution is 0.0587. The smallest absolute Gasteiger partial charge is 0.289 e. The lowest BCUT2D eigenvalue weighted by Crippen LogP contribution is -2.49. The van der Waals surface area contributed by atoms with Gasteiger partial charge in [-0.15, -0.1) is 0 Å². The molecule has 0 atom stereocenters. The number of likely N-dealkylation sites (tertiary alicyclic amines) is 1. The number of imidazole rings is 1. The first kappa shape index (κ1) is 16.6. The van der Waals surface area contributed by atoms with Crippen LogP contribution in [0.4, 0.5) is 4.39 Å². The predicted octanol–water partition coefficient (Wildman–Crippen LogP) is 3.40. The van der Waals surface area contributed by atoms with Crippen LogP contribution in [-0.2, 0) is 0 Å². The number of benzene rings is 2. The van der Waals surface area contributed by atoms with Gasteiger partial charge in [-0.05, 0) is 12.1 Å². The van der Waals surface area contributed by atoms with E-state index in [0.29, 0.717) is 18.6 Å². The van der Waals surface area contributed by atoms with E-state index in [0.717, 1.165) is 17.0 Å². The summed E-state index contributed by atoms with van der Waals surface area (Å²) in [5, 5.41) is 0. The average molecular weight is 373 g/mol. The van der Waals surface area contributed by atoms with Gasteiger partial charge in [0.05, 0.1) is 16.9 Å². The summed E-state index contributed by atoms with van der Waals surface area (Å²) in [4.78, 5) is 30.4. The van der Waals surface area contributed by atoms with E-state index in [2.05, 4.69) is 19.9 Å². The molecule has 2 aromatic carbocycles. The lowest BCUT2D eigenvalue weighted by atomic mass is 9.92. The summed E-state index contributed by atoms with van der Waals surface area (Å²) >= 11 is 0. The summed E-state index contributed by atoms with van der Waals surface area (Å²) < 4.78 is 13.8. The van der Waals surface area contributed by atoms with Crippen LogP contribution in [0.15, 0.2) is 60.9 Å². The Labute approximate surface area is 160 Å². The number of aromatic amines is 1. The molecular weight excluding hydrogens is 357 g/mol. The Morgan fingerprint density at radius 2 is 1.82 bits per heavy atom. The molecule has 3 heterocycles. The van der Waals surface area contributed by atoms with Crippen molar-refractivity contribution in [3.63, 3.8) is 0 Å². The normalized spacial score (nSPS) is 14.2. The van der Waals surface area contributed by atoms with Crippen LogP contribution in [0.5, 0.6) is 0 Å². The van der Waals surface area contributed by atoms with E-state index in [1.807, 2.05) is 30.3 Å². The molecule has 1 amide bonds. The molecule has 0 radical (unpaired) electrons. The minimum Gasteiger partial charge on any atom is -0.335 e. The highest BCUT2D eigenvalue weighted by atomic mass is 19.1. The number of carbonyl (C=O) groups is 1. The molecule has 0 aliphatic carbocycles. The van der Waals surface area contributed by atoms with Crippen LogP contribution in [-0.4, -0.2) is 43.8 Å². The molecular formula is C21H16FN5O. The van der Waals surface area contributed by atoms with Gasteiger partial charge in [-0.25, -0.2) is 9.37 Å². The number of para-hydroxylation sites is 1. The second-order valence-electron chi connectivity index (χ2n) is 6.78. The van der Waals surface area contributed by atoms with E-state index in [-0.39, 0.29) is 23.2 Å². The van der Waals surface area contributed by atoms with Gasteiger partial charge in [0.2, 0.25) is 0 Å². The van der Waals surface area contributed by atoms with Gasteiger partial charge in [0.15, 0.2) is 5.82 Å². The van der Waals surface area contributed by atoms with Gasteiger partial charge < -0.3 is 9.88 Å². The molecule has 1 saturated heterocycles. The van der Waals surface area contributed by atoms with Crippen molar-refractivity contribution in [1.82, 2.24) is 24.8 Å². The minimum atomic E-state index is -0.419. The van der Waals surface area contributed by atoms with Crippen LogP contribution in [0, 0.1) is 5.82 Å². The topological polar surface area (TPSA) is 74.8 Å². The van der Waals surface area contributed by atoms with Gasteiger partial charge in [-0.3, -0.25) is 14.8 Å². The number of amides is 1. The largest absolute Gasteiger partial charge is 0.335 e.